The molecule has 1 aliphatic carbocycles. The Bertz CT molecular complexity index is 352. The molecule has 1 fully saturated rings. The van der Waals surface area contributed by atoms with Crippen LogP contribution in [0, 0.1) is 0 Å². The predicted octanol–water partition coefficient (Wildman–Crippen LogP) is 3.24. The zero-order valence-corrected chi connectivity index (χ0v) is 10.5. The van der Waals surface area contributed by atoms with E-state index >= 15 is 0 Å². The Kier molecular flexibility index (Phi) is 4.63. The van der Waals surface area contributed by atoms with Gasteiger partial charge in [-0.1, -0.05) is 31.2 Å². The third kappa shape index (κ3) is 4.61. The number of rotatable bonds is 7. The first-order chi connectivity index (χ1) is 8.38. The summed E-state index contributed by atoms with van der Waals surface area (Å²) in [5, 5.41) is 3.30. The first-order valence-electron chi connectivity index (χ1n) is 6.52. The summed E-state index contributed by atoms with van der Waals surface area (Å²) in [5.41, 5.74) is 1.24. The molecule has 0 unspecified atom stereocenters. The molecule has 0 heterocycles. The van der Waals surface area contributed by atoms with Gasteiger partial charge in [0.2, 0.25) is 0 Å². The summed E-state index contributed by atoms with van der Waals surface area (Å²) in [6.45, 7) is 4.22. The average molecular weight is 231 g/mol. The Morgan fingerprint density at radius 3 is 2.71 bits per heavy atom. The summed E-state index contributed by atoms with van der Waals surface area (Å²) >= 11 is 0. The van der Waals surface area contributed by atoms with E-state index in [2.05, 4.69) is 48.7 Å². The molecule has 1 saturated carbocycles. The summed E-state index contributed by atoms with van der Waals surface area (Å²) in [6, 6.07) is 8.34. The third-order valence-electron chi connectivity index (χ3n) is 2.76. The molecule has 0 radical (unpaired) electrons. The maximum Gasteiger partial charge on any atom is 0.119 e. The first kappa shape index (κ1) is 12.2. The molecule has 0 bridgehead atoms. The van der Waals surface area contributed by atoms with Gasteiger partial charge in [0, 0.05) is 0 Å². The molecule has 0 atom stereocenters. The SMILES string of the molecule is CCNCC/C=C/c1ccc(OC2CC2)cc1. The lowest BCUT2D eigenvalue weighted by Crippen LogP contribution is -2.12. The van der Waals surface area contributed by atoms with Gasteiger partial charge < -0.3 is 10.1 Å². The van der Waals surface area contributed by atoms with Crippen LogP contribution in [0.4, 0.5) is 0 Å². The highest BCUT2D eigenvalue weighted by atomic mass is 16.5. The molecule has 1 N–H and O–H groups in total. The zero-order chi connectivity index (χ0) is 11.9. The molecule has 0 aliphatic heterocycles. The minimum atomic E-state index is 0.483. The molecule has 0 aromatic heterocycles. The fourth-order valence-electron chi connectivity index (χ4n) is 1.62. The van der Waals surface area contributed by atoms with Crippen LogP contribution in [0.5, 0.6) is 5.75 Å². The Hall–Kier alpha value is -1.28. The van der Waals surface area contributed by atoms with E-state index in [1.807, 2.05) is 0 Å². The van der Waals surface area contributed by atoms with Crippen molar-refractivity contribution >= 4 is 6.08 Å². The highest BCUT2D eigenvalue weighted by molar-refractivity contribution is 5.50. The van der Waals surface area contributed by atoms with Crippen molar-refractivity contribution in [3.8, 4) is 5.75 Å². The van der Waals surface area contributed by atoms with E-state index in [0.29, 0.717) is 6.10 Å². The molecule has 92 valence electrons. The summed E-state index contributed by atoms with van der Waals surface area (Å²) in [7, 11) is 0. The van der Waals surface area contributed by atoms with Gasteiger partial charge >= 0.3 is 0 Å². The van der Waals surface area contributed by atoms with Crippen molar-refractivity contribution in [1.29, 1.82) is 0 Å². The van der Waals surface area contributed by atoms with Gasteiger partial charge in [0.05, 0.1) is 6.10 Å². The van der Waals surface area contributed by atoms with Crippen molar-refractivity contribution in [2.75, 3.05) is 13.1 Å². The minimum Gasteiger partial charge on any atom is -0.490 e. The van der Waals surface area contributed by atoms with Gasteiger partial charge in [-0.05, 0) is 50.0 Å². The highest BCUT2D eigenvalue weighted by Gasteiger charge is 2.23. The van der Waals surface area contributed by atoms with Crippen molar-refractivity contribution in [2.45, 2.75) is 32.3 Å². The molecule has 0 spiro atoms. The van der Waals surface area contributed by atoms with Gasteiger partial charge in [-0.2, -0.15) is 0 Å². The summed E-state index contributed by atoms with van der Waals surface area (Å²) in [6.07, 6.45) is 8.36. The van der Waals surface area contributed by atoms with Crippen LogP contribution in [-0.2, 0) is 0 Å². The zero-order valence-electron chi connectivity index (χ0n) is 10.5. The van der Waals surface area contributed by atoms with E-state index in [0.717, 1.165) is 25.3 Å². The monoisotopic (exact) mass is 231 g/mol. The molecule has 0 saturated heterocycles. The lowest BCUT2D eigenvalue weighted by Gasteiger charge is -2.03. The fraction of sp³-hybridized carbons (Fsp3) is 0.467. The van der Waals surface area contributed by atoms with Crippen molar-refractivity contribution in [3.63, 3.8) is 0 Å². The van der Waals surface area contributed by atoms with Crippen molar-refractivity contribution in [2.24, 2.45) is 0 Å². The lowest BCUT2D eigenvalue weighted by molar-refractivity contribution is 0.303. The predicted molar refractivity (Wildman–Crippen MR) is 72.3 cm³/mol. The summed E-state index contributed by atoms with van der Waals surface area (Å²) in [5.74, 6) is 0.997. The Balaban J connectivity index is 1.76. The Labute approximate surface area is 104 Å². The van der Waals surface area contributed by atoms with Crippen LogP contribution in [0.3, 0.4) is 0 Å². The molecular formula is C15H21NO. The maximum atomic E-state index is 5.70. The lowest BCUT2D eigenvalue weighted by atomic mass is 10.2. The topological polar surface area (TPSA) is 21.3 Å². The van der Waals surface area contributed by atoms with Crippen molar-refractivity contribution in [3.05, 3.63) is 35.9 Å². The number of nitrogens with one attached hydrogen (secondary N) is 1. The average Bonchev–Trinajstić information content (AvgIpc) is 3.15. The van der Waals surface area contributed by atoms with Crippen LogP contribution < -0.4 is 10.1 Å². The molecule has 1 aromatic rings. The summed E-state index contributed by atoms with van der Waals surface area (Å²) in [4.78, 5) is 0. The number of hydrogen-bond donors (Lipinski definition) is 1. The van der Waals surface area contributed by atoms with Crippen molar-refractivity contribution < 1.29 is 4.74 Å². The second-order valence-electron chi connectivity index (χ2n) is 4.43. The second kappa shape index (κ2) is 6.45. The van der Waals surface area contributed by atoms with Crippen LogP contribution >= 0.6 is 0 Å². The normalized spacial score (nSPS) is 15.4. The highest BCUT2D eigenvalue weighted by Crippen LogP contribution is 2.26. The number of ether oxygens (including phenoxy) is 1. The van der Waals surface area contributed by atoms with E-state index in [1.54, 1.807) is 0 Å². The molecule has 1 aromatic carbocycles. The van der Waals surface area contributed by atoms with E-state index in [-0.39, 0.29) is 0 Å². The quantitative estimate of drug-likeness (QED) is 0.727. The van der Waals surface area contributed by atoms with E-state index in [1.165, 1.54) is 18.4 Å². The van der Waals surface area contributed by atoms with Crippen LogP contribution in [0.15, 0.2) is 30.3 Å². The molecule has 2 nitrogen and oxygen atoms in total. The van der Waals surface area contributed by atoms with Crippen molar-refractivity contribution in [1.82, 2.24) is 5.32 Å². The van der Waals surface area contributed by atoms with Gasteiger partial charge in [-0.3, -0.25) is 0 Å². The van der Waals surface area contributed by atoms with Crippen LogP contribution in [0.1, 0.15) is 31.7 Å². The second-order valence-corrected chi connectivity index (χ2v) is 4.43. The molecule has 0 amide bonds. The van der Waals surface area contributed by atoms with Crippen LogP contribution in [0.25, 0.3) is 6.08 Å². The van der Waals surface area contributed by atoms with Crippen LogP contribution in [0.2, 0.25) is 0 Å². The van der Waals surface area contributed by atoms with Crippen LogP contribution in [-0.4, -0.2) is 19.2 Å². The Morgan fingerprint density at radius 2 is 2.06 bits per heavy atom. The molecule has 17 heavy (non-hydrogen) atoms. The van der Waals surface area contributed by atoms with E-state index < -0.39 is 0 Å². The van der Waals surface area contributed by atoms with Gasteiger partial charge in [-0.25, -0.2) is 0 Å². The maximum absolute atomic E-state index is 5.70. The van der Waals surface area contributed by atoms with E-state index in [9.17, 15) is 0 Å². The molecule has 2 heteroatoms. The third-order valence-corrected chi connectivity index (χ3v) is 2.76. The van der Waals surface area contributed by atoms with Gasteiger partial charge in [-0.15, -0.1) is 0 Å². The van der Waals surface area contributed by atoms with Gasteiger partial charge in [0.25, 0.3) is 0 Å². The summed E-state index contributed by atoms with van der Waals surface area (Å²) < 4.78 is 5.70. The standard InChI is InChI=1S/C15H21NO/c1-2-16-12-4-3-5-13-6-8-14(9-7-13)17-15-10-11-15/h3,5-9,15-16H,2,4,10-12H2,1H3/b5-3+. The molecule has 1 aliphatic rings. The molecule has 2 rings (SSSR count). The fourth-order valence-corrected chi connectivity index (χ4v) is 1.62. The minimum absolute atomic E-state index is 0.483. The Morgan fingerprint density at radius 1 is 1.29 bits per heavy atom. The smallest absolute Gasteiger partial charge is 0.119 e. The first-order valence-corrected chi connectivity index (χ1v) is 6.52. The van der Waals surface area contributed by atoms with Gasteiger partial charge in [0.1, 0.15) is 5.75 Å². The number of hydrogen-bond acceptors (Lipinski definition) is 2. The number of benzene rings is 1. The van der Waals surface area contributed by atoms with Gasteiger partial charge in [0.15, 0.2) is 0 Å². The van der Waals surface area contributed by atoms with E-state index in [4.69, 9.17) is 4.74 Å². The largest absolute Gasteiger partial charge is 0.490 e. The molecular weight excluding hydrogens is 210 g/mol.